The van der Waals surface area contributed by atoms with Crippen molar-refractivity contribution in [1.29, 1.82) is 0 Å². The highest BCUT2D eigenvalue weighted by molar-refractivity contribution is 5.84. The van der Waals surface area contributed by atoms with Crippen LogP contribution in [0.25, 0.3) is 0 Å². The molecular formula is C16H26N2O2. The summed E-state index contributed by atoms with van der Waals surface area (Å²) < 4.78 is 0. The second-order valence-corrected chi connectivity index (χ2v) is 6.69. The summed E-state index contributed by atoms with van der Waals surface area (Å²) in [6.07, 6.45) is 8.24. The van der Waals surface area contributed by atoms with Crippen molar-refractivity contribution in [2.75, 3.05) is 13.1 Å². The first-order valence-electron chi connectivity index (χ1n) is 8.25. The number of rotatable bonds is 2. The normalized spacial score (nSPS) is 33.0. The van der Waals surface area contributed by atoms with Gasteiger partial charge in [-0.15, -0.1) is 0 Å². The maximum absolute atomic E-state index is 12.7. The molecule has 0 aliphatic carbocycles. The van der Waals surface area contributed by atoms with E-state index in [1.54, 1.807) is 0 Å². The molecule has 20 heavy (non-hydrogen) atoms. The third kappa shape index (κ3) is 2.62. The zero-order valence-corrected chi connectivity index (χ0v) is 12.5. The van der Waals surface area contributed by atoms with Crippen LogP contribution in [-0.2, 0) is 9.59 Å². The number of piperidine rings is 3. The molecule has 3 saturated heterocycles. The van der Waals surface area contributed by atoms with E-state index in [1.165, 1.54) is 12.8 Å². The first-order valence-corrected chi connectivity index (χ1v) is 8.25. The standard InChI is InChI=1S/C16H26N2O2/c1-12(16(20)17-8-3-2-4-9-17)18-13-6-5-7-14(18)11-15(19)10-13/h12-14H,2-11H2,1H3. The summed E-state index contributed by atoms with van der Waals surface area (Å²) in [6.45, 7) is 3.90. The molecule has 0 spiro atoms. The summed E-state index contributed by atoms with van der Waals surface area (Å²) in [5.41, 5.74) is 0. The van der Waals surface area contributed by atoms with Crippen LogP contribution in [0.2, 0.25) is 0 Å². The first kappa shape index (κ1) is 14.1. The molecule has 1 amide bonds. The van der Waals surface area contributed by atoms with Crippen molar-refractivity contribution in [2.24, 2.45) is 0 Å². The highest BCUT2D eigenvalue weighted by Crippen LogP contribution is 2.34. The maximum atomic E-state index is 12.7. The quantitative estimate of drug-likeness (QED) is 0.775. The number of carbonyl (C=O) groups is 2. The largest absolute Gasteiger partial charge is 0.341 e. The molecule has 3 fully saturated rings. The van der Waals surface area contributed by atoms with Gasteiger partial charge in [0, 0.05) is 38.0 Å². The van der Waals surface area contributed by atoms with Crippen molar-refractivity contribution < 1.29 is 9.59 Å². The van der Waals surface area contributed by atoms with Gasteiger partial charge in [0.15, 0.2) is 0 Å². The van der Waals surface area contributed by atoms with Crippen LogP contribution < -0.4 is 0 Å². The van der Waals surface area contributed by atoms with Gasteiger partial charge in [0.2, 0.25) is 5.91 Å². The fourth-order valence-electron chi connectivity index (χ4n) is 4.35. The Morgan fingerprint density at radius 1 is 1.05 bits per heavy atom. The fourth-order valence-corrected chi connectivity index (χ4v) is 4.35. The summed E-state index contributed by atoms with van der Waals surface area (Å²) in [4.78, 5) is 28.9. The molecule has 0 saturated carbocycles. The van der Waals surface area contributed by atoms with Crippen LogP contribution in [-0.4, -0.2) is 52.7 Å². The Labute approximate surface area is 121 Å². The number of fused-ring (bicyclic) bond motifs is 2. The zero-order chi connectivity index (χ0) is 14.1. The molecule has 3 rings (SSSR count). The van der Waals surface area contributed by atoms with E-state index < -0.39 is 0 Å². The molecule has 2 bridgehead atoms. The lowest BCUT2D eigenvalue weighted by atomic mass is 9.82. The maximum Gasteiger partial charge on any atom is 0.239 e. The molecule has 0 N–H and O–H groups in total. The second-order valence-electron chi connectivity index (χ2n) is 6.69. The van der Waals surface area contributed by atoms with Gasteiger partial charge in [-0.1, -0.05) is 6.42 Å². The smallest absolute Gasteiger partial charge is 0.239 e. The average molecular weight is 278 g/mol. The van der Waals surface area contributed by atoms with Crippen LogP contribution in [0.15, 0.2) is 0 Å². The average Bonchev–Trinajstić information content (AvgIpc) is 2.46. The van der Waals surface area contributed by atoms with Crippen LogP contribution in [0, 0.1) is 0 Å². The topological polar surface area (TPSA) is 40.6 Å². The first-order chi connectivity index (χ1) is 9.66. The summed E-state index contributed by atoms with van der Waals surface area (Å²) in [5, 5.41) is 0. The van der Waals surface area contributed by atoms with E-state index in [-0.39, 0.29) is 11.9 Å². The molecule has 0 aromatic rings. The Morgan fingerprint density at radius 2 is 1.65 bits per heavy atom. The fraction of sp³-hybridized carbons (Fsp3) is 0.875. The predicted octanol–water partition coefficient (Wildman–Crippen LogP) is 1.97. The third-order valence-electron chi connectivity index (χ3n) is 5.32. The zero-order valence-electron chi connectivity index (χ0n) is 12.5. The number of amides is 1. The van der Waals surface area contributed by atoms with Gasteiger partial charge in [-0.3, -0.25) is 14.5 Å². The SMILES string of the molecule is CC(C(=O)N1CCCCC1)N1C2CCCC1CC(=O)C2. The Kier molecular flexibility index (Phi) is 4.11. The summed E-state index contributed by atoms with van der Waals surface area (Å²) in [6, 6.07) is 0.592. The lowest BCUT2D eigenvalue weighted by molar-refractivity contribution is -0.145. The molecule has 112 valence electrons. The van der Waals surface area contributed by atoms with Gasteiger partial charge in [-0.25, -0.2) is 0 Å². The predicted molar refractivity (Wildman–Crippen MR) is 77.4 cm³/mol. The molecule has 3 atom stereocenters. The molecule has 3 aliphatic heterocycles. The van der Waals surface area contributed by atoms with Crippen LogP contribution in [0.3, 0.4) is 0 Å². The van der Waals surface area contributed by atoms with Crippen LogP contribution >= 0.6 is 0 Å². The molecular weight excluding hydrogens is 252 g/mol. The van der Waals surface area contributed by atoms with Crippen LogP contribution in [0.4, 0.5) is 0 Å². The third-order valence-corrected chi connectivity index (χ3v) is 5.32. The van der Waals surface area contributed by atoms with E-state index in [2.05, 4.69) is 11.8 Å². The number of hydrogen-bond donors (Lipinski definition) is 0. The molecule has 0 aromatic heterocycles. The number of carbonyl (C=O) groups excluding carboxylic acids is 2. The number of ketones is 1. The van der Waals surface area contributed by atoms with Crippen molar-refractivity contribution in [3.8, 4) is 0 Å². The van der Waals surface area contributed by atoms with E-state index in [0.717, 1.165) is 38.8 Å². The summed E-state index contributed by atoms with van der Waals surface area (Å²) >= 11 is 0. The summed E-state index contributed by atoms with van der Waals surface area (Å²) in [5.74, 6) is 0.685. The minimum Gasteiger partial charge on any atom is -0.341 e. The van der Waals surface area contributed by atoms with Gasteiger partial charge >= 0.3 is 0 Å². The molecule has 3 unspecified atom stereocenters. The number of Topliss-reactive ketones (excluding diaryl/α,β-unsaturated/α-hetero) is 1. The Bertz CT molecular complexity index is 374. The minimum absolute atomic E-state index is 0.0449. The number of nitrogens with zero attached hydrogens (tertiary/aromatic N) is 2. The van der Waals surface area contributed by atoms with Crippen molar-refractivity contribution in [3.05, 3.63) is 0 Å². The van der Waals surface area contributed by atoms with Gasteiger partial charge < -0.3 is 4.90 Å². The molecule has 0 aromatic carbocycles. The Morgan fingerprint density at radius 3 is 2.25 bits per heavy atom. The molecule has 3 heterocycles. The van der Waals surface area contributed by atoms with Gasteiger partial charge in [-0.2, -0.15) is 0 Å². The molecule has 4 nitrogen and oxygen atoms in total. The van der Waals surface area contributed by atoms with Crippen molar-refractivity contribution in [3.63, 3.8) is 0 Å². The second kappa shape index (κ2) is 5.84. The van der Waals surface area contributed by atoms with Gasteiger partial charge in [-0.05, 0) is 39.0 Å². The number of likely N-dealkylation sites (tertiary alicyclic amines) is 1. The molecule has 4 heteroatoms. The highest BCUT2D eigenvalue weighted by Gasteiger charge is 2.42. The molecule has 0 radical (unpaired) electrons. The Balaban J connectivity index is 1.70. The number of hydrogen-bond acceptors (Lipinski definition) is 3. The molecule has 3 aliphatic rings. The van der Waals surface area contributed by atoms with Crippen LogP contribution in [0.1, 0.15) is 58.3 Å². The van der Waals surface area contributed by atoms with Gasteiger partial charge in [0.1, 0.15) is 5.78 Å². The lowest BCUT2D eigenvalue weighted by Gasteiger charge is -2.48. The van der Waals surface area contributed by atoms with E-state index in [1.807, 2.05) is 4.90 Å². The van der Waals surface area contributed by atoms with Crippen molar-refractivity contribution in [1.82, 2.24) is 9.80 Å². The van der Waals surface area contributed by atoms with Gasteiger partial charge in [0.25, 0.3) is 0 Å². The summed E-state index contributed by atoms with van der Waals surface area (Å²) in [7, 11) is 0. The van der Waals surface area contributed by atoms with Crippen molar-refractivity contribution in [2.45, 2.75) is 76.4 Å². The monoisotopic (exact) mass is 278 g/mol. The van der Waals surface area contributed by atoms with E-state index >= 15 is 0 Å². The van der Waals surface area contributed by atoms with E-state index in [4.69, 9.17) is 0 Å². The van der Waals surface area contributed by atoms with E-state index in [9.17, 15) is 9.59 Å². The Hall–Kier alpha value is -0.900. The highest BCUT2D eigenvalue weighted by atomic mass is 16.2. The van der Waals surface area contributed by atoms with Crippen LogP contribution in [0.5, 0.6) is 0 Å². The lowest BCUT2D eigenvalue weighted by Crippen LogP contribution is -2.60. The van der Waals surface area contributed by atoms with E-state index in [0.29, 0.717) is 30.7 Å². The van der Waals surface area contributed by atoms with Crippen molar-refractivity contribution >= 4 is 11.7 Å². The van der Waals surface area contributed by atoms with Gasteiger partial charge in [0.05, 0.1) is 6.04 Å². The minimum atomic E-state index is -0.0449.